The third kappa shape index (κ3) is 6.15. The minimum absolute atomic E-state index is 0.150. The second kappa shape index (κ2) is 8.69. The van der Waals surface area contributed by atoms with Gasteiger partial charge in [0.15, 0.2) is 0 Å². The van der Waals surface area contributed by atoms with Crippen molar-refractivity contribution in [3.63, 3.8) is 0 Å². The van der Waals surface area contributed by atoms with E-state index in [4.69, 9.17) is 4.74 Å². The number of carbonyl (C=O) groups excluding carboxylic acids is 1. The summed E-state index contributed by atoms with van der Waals surface area (Å²) in [5, 5.41) is 3.25. The molecule has 0 aliphatic carbocycles. The van der Waals surface area contributed by atoms with E-state index >= 15 is 0 Å². The van der Waals surface area contributed by atoms with Crippen molar-refractivity contribution < 1.29 is 13.9 Å². The highest BCUT2D eigenvalue weighted by Crippen LogP contribution is 2.18. The van der Waals surface area contributed by atoms with Crippen LogP contribution in [0.15, 0.2) is 18.2 Å². The summed E-state index contributed by atoms with van der Waals surface area (Å²) in [5.41, 5.74) is 0.543. The fraction of sp³-hybridized carbons (Fsp3) is 0.562. The Morgan fingerprint density at radius 2 is 2.15 bits per heavy atom. The monoisotopic (exact) mass is 281 g/mol. The molecule has 0 spiro atoms. The zero-order valence-electron chi connectivity index (χ0n) is 12.5. The Balaban J connectivity index is 2.50. The standard InChI is InChI=1S/C16H24FNO2/c1-4-14(19)6-5-13-11-15(7-8-16(13)17)20-10-9-18-12(2)3/h7-8,11-12,18H,4-6,9-10H2,1-3H3. The molecule has 20 heavy (non-hydrogen) atoms. The van der Waals surface area contributed by atoms with E-state index in [-0.39, 0.29) is 11.6 Å². The summed E-state index contributed by atoms with van der Waals surface area (Å²) in [6.45, 7) is 7.25. The van der Waals surface area contributed by atoms with Crippen LogP contribution in [0.5, 0.6) is 5.75 Å². The van der Waals surface area contributed by atoms with E-state index in [1.54, 1.807) is 12.1 Å². The Labute approximate surface area is 120 Å². The second-order valence-corrected chi connectivity index (χ2v) is 5.10. The molecule has 0 amide bonds. The molecule has 0 radical (unpaired) electrons. The van der Waals surface area contributed by atoms with E-state index in [9.17, 15) is 9.18 Å². The molecule has 0 aliphatic rings. The number of ketones is 1. The molecule has 0 fully saturated rings. The van der Waals surface area contributed by atoms with Gasteiger partial charge in [0, 0.05) is 25.4 Å². The van der Waals surface area contributed by atoms with E-state index in [1.807, 2.05) is 6.92 Å². The normalized spacial score (nSPS) is 10.8. The SMILES string of the molecule is CCC(=O)CCc1cc(OCCNC(C)C)ccc1F. The molecule has 0 bridgehead atoms. The van der Waals surface area contributed by atoms with E-state index in [2.05, 4.69) is 19.2 Å². The first-order valence-corrected chi connectivity index (χ1v) is 7.19. The van der Waals surface area contributed by atoms with Crippen molar-refractivity contribution in [3.05, 3.63) is 29.6 Å². The lowest BCUT2D eigenvalue weighted by atomic mass is 10.1. The lowest BCUT2D eigenvalue weighted by Gasteiger charge is -2.11. The molecule has 1 aromatic carbocycles. The molecule has 0 atom stereocenters. The average molecular weight is 281 g/mol. The fourth-order valence-corrected chi connectivity index (χ4v) is 1.80. The molecule has 4 heteroatoms. The predicted octanol–water partition coefficient (Wildman–Crippen LogP) is 3.11. The van der Waals surface area contributed by atoms with Gasteiger partial charge in [0.2, 0.25) is 0 Å². The lowest BCUT2D eigenvalue weighted by Crippen LogP contribution is -2.27. The maximum Gasteiger partial charge on any atom is 0.132 e. The maximum atomic E-state index is 13.6. The average Bonchev–Trinajstić information content (AvgIpc) is 2.43. The molecule has 0 unspecified atom stereocenters. The van der Waals surface area contributed by atoms with Crippen molar-refractivity contribution in [1.29, 1.82) is 0 Å². The summed E-state index contributed by atoms with van der Waals surface area (Å²) in [4.78, 5) is 11.3. The van der Waals surface area contributed by atoms with Gasteiger partial charge < -0.3 is 10.1 Å². The molecule has 0 aliphatic heterocycles. The molecule has 0 saturated carbocycles. The van der Waals surface area contributed by atoms with Gasteiger partial charge in [-0.05, 0) is 30.2 Å². The first-order chi connectivity index (χ1) is 9.52. The van der Waals surface area contributed by atoms with Crippen LogP contribution >= 0.6 is 0 Å². The third-order valence-electron chi connectivity index (χ3n) is 3.01. The van der Waals surface area contributed by atoms with Gasteiger partial charge in [-0.25, -0.2) is 4.39 Å². The number of carbonyl (C=O) groups is 1. The summed E-state index contributed by atoms with van der Waals surface area (Å²) in [6, 6.07) is 5.13. The minimum atomic E-state index is -0.276. The first kappa shape index (κ1) is 16.6. The number of halogens is 1. The van der Waals surface area contributed by atoms with E-state index in [1.165, 1.54) is 6.07 Å². The van der Waals surface area contributed by atoms with E-state index < -0.39 is 0 Å². The van der Waals surface area contributed by atoms with Crippen LogP contribution in [-0.4, -0.2) is 25.0 Å². The molecule has 1 aromatic rings. The molecule has 0 saturated heterocycles. The minimum Gasteiger partial charge on any atom is -0.492 e. The molecular formula is C16H24FNO2. The maximum absolute atomic E-state index is 13.6. The second-order valence-electron chi connectivity index (χ2n) is 5.10. The zero-order chi connectivity index (χ0) is 15.0. The Morgan fingerprint density at radius 3 is 2.80 bits per heavy atom. The molecular weight excluding hydrogens is 257 g/mol. The van der Waals surface area contributed by atoms with Gasteiger partial charge in [-0.3, -0.25) is 4.79 Å². The predicted molar refractivity (Wildman–Crippen MR) is 78.7 cm³/mol. The molecule has 0 aromatic heterocycles. The number of aryl methyl sites for hydroxylation is 1. The highest BCUT2D eigenvalue weighted by molar-refractivity contribution is 5.78. The summed E-state index contributed by atoms with van der Waals surface area (Å²) < 4.78 is 19.2. The number of Topliss-reactive ketones (excluding diaryl/α,β-unsaturated/α-hetero) is 1. The van der Waals surface area contributed by atoms with Gasteiger partial charge in [-0.15, -0.1) is 0 Å². The summed E-state index contributed by atoms with van der Waals surface area (Å²) >= 11 is 0. The van der Waals surface area contributed by atoms with Crippen molar-refractivity contribution in [2.24, 2.45) is 0 Å². The van der Waals surface area contributed by atoms with Crippen LogP contribution in [0.4, 0.5) is 4.39 Å². The summed E-state index contributed by atoms with van der Waals surface area (Å²) in [7, 11) is 0. The number of hydrogen-bond acceptors (Lipinski definition) is 3. The van der Waals surface area contributed by atoms with Crippen LogP contribution in [0.3, 0.4) is 0 Å². The van der Waals surface area contributed by atoms with Crippen LogP contribution in [0, 0.1) is 5.82 Å². The van der Waals surface area contributed by atoms with Crippen LogP contribution in [0.25, 0.3) is 0 Å². The topological polar surface area (TPSA) is 38.3 Å². The lowest BCUT2D eigenvalue weighted by molar-refractivity contribution is -0.118. The number of rotatable bonds is 9. The molecule has 1 N–H and O–H groups in total. The highest BCUT2D eigenvalue weighted by atomic mass is 19.1. The number of benzene rings is 1. The van der Waals surface area contributed by atoms with Crippen LogP contribution < -0.4 is 10.1 Å². The largest absolute Gasteiger partial charge is 0.492 e. The Hall–Kier alpha value is -1.42. The van der Waals surface area contributed by atoms with Gasteiger partial charge in [0.25, 0.3) is 0 Å². The molecule has 1 rings (SSSR count). The van der Waals surface area contributed by atoms with E-state index in [0.29, 0.717) is 43.2 Å². The smallest absolute Gasteiger partial charge is 0.132 e. The van der Waals surface area contributed by atoms with Gasteiger partial charge >= 0.3 is 0 Å². The van der Waals surface area contributed by atoms with Gasteiger partial charge in [-0.2, -0.15) is 0 Å². The Bertz CT molecular complexity index is 432. The van der Waals surface area contributed by atoms with Crippen molar-refractivity contribution in [2.45, 2.75) is 46.1 Å². The first-order valence-electron chi connectivity index (χ1n) is 7.19. The van der Waals surface area contributed by atoms with Crippen molar-refractivity contribution in [2.75, 3.05) is 13.2 Å². The number of hydrogen-bond donors (Lipinski definition) is 1. The Morgan fingerprint density at radius 1 is 1.40 bits per heavy atom. The zero-order valence-corrected chi connectivity index (χ0v) is 12.5. The van der Waals surface area contributed by atoms with Crippen molar-refractivity contribution in [1.82, 2.24) is 5.32 Å². The molecule has 3 nitrogen and oxygen atoms in total. The van der Waals surface area contributed by atoms with Crippen molar-refractivity contribution >= 4 is 5.78 Å². The quantitative estimate of drug-likeness (QED) is 0.707. The Kier molecular flexibility index (Phi) is 7.23. The highest BCUT2D eigenvalue weighted by Gasteiger charge is 2.07. The number of nitrogens with one attached hydrogen (secondary N) is 1. The van der Waals surface area contributed by atoms with Gasteiger partial charge in [0.1, 0.15) is 24.0 Å². The van der Waals surface area contributed by atoms with Crippen LogP contribution in [-0.2, 0) is 11.2 Å². The number of ether oxygens (including phenoxy) is 1. The molecule has 0 heterocycles. The van der Waals surface area contributed by atoms with Crippen molar-refractivity contribution in [3.8, 4) is 5.75 Å². The van der Waals surface area contributed by atoms with Crippen LogP contribution in [0.2, 0.25) is 0 Å². The molecule has 112 valence electrons. The summed E-state index contributed by atoms with van der Waals surface area (Å²) in [6.07, 6.45) is 1.31. The van der Waals surface area contributed by atoms with Gasteiger partial charge in [-0.1, -0.05) is 20.8 Å². The fourth-order valence-electron chi connectivity index (χ4n) is 1.80. The van der Waals surface area contributed by atoms with Crippen LogP contribution in [0.1, 0.15) is 39.2 Å². The summed E-state index contributed by atoms with van der Waals surface area (Å²) in [5.74, 6) is 0.523. The van der Waals surface area contributed by atoms with E-state index in [0.717, 1.165) is 6.54 Å². The van der Waals surface area contributed by atoms with Gasteiger partial charge in [0.05, 0.1) is 0 Å². The third-order valence-corrected chi connectivity index (χ3v) is 3.01.